The zero-order valence-electron chi connectivity index (χ0n) is 21.1. The van der Waals surface area contributed by atoms with Crippen molar-refractivity contribution >= 4 is 23.5 Å². The molecule has 37 heavy (non-hydrogen) atoms. The fraction of sp³-hybridized carbons (Fsp3) is 0.233. The van der Waals surface area contributed by atoms with Gasteiger partial charge in [-0.3, -0.25) is 9.59 Å². The van der Waals surface area contributed by atoms with E-state index in [-0.39, 0.29) is 43.1 Å². The Labute approximate surface area is 215 Å². The fourth-order valence-electron chi connectivity index (χ4n) is 4.44. The number of ether oxygens (including phenoxy) is 1. The molecule has 1 heterocycles. The topological polar surface area (TPSA) is 75.7 Å². The normalized spacial score (nSPS) is 15.5. The lowest BCUT2D eigenvalue weighted by atomic mass is 9.83. The molecule has 1 atom stereocenters. The van der Waals surface area contributed by atoms with Crippen molar-refractivity contribution in [3.8, 4) is 0 Å². The van der Waals surface area contributed by atoms with E-state index in [0.29, 0.717) is 22.5 Å². The summed E-state index contributed by atoms with van der Waals surface area (Å²) in [4.78, 5) is 40.4. The summed E-state index contributed by atoms with van der Waals surface area (Å²) >= 11 is 0. The van der Waals surface area contributed by atoms with Crippen LogP contribution < -0.4 is 5.32 Å². The van der Waals surface area contributed by atoms with E-state index >= 15 is 0 Å². The Hall–Kier alpha value is -4.26. The molecule has 0 saturated heterocycles. The van der Waals surface area contributed by atoms with Gasteiger partial charge in [-0.05, 0) is 68.3 Å². The molecule has 4 rings (SSSR count). The van der Waals surface area contributed by atoms with E-state index in [4.69, 9.17) is 4.74 Å². The Morgan fingerprint density at radius 3 is 2.24 bits per heavy atom. The molecular weight excluding hydrogens is 471 g/mol. The third kappa shape index (κ3) is 5.94. The van der Waals surface area contributed by atoms with Crippen LogP contribution in [0.4, 0.5) is 10.1 Å². The molecule has 0 spiro atoms. The zero-order valence-corrected chi connectivity index (χ0v) is 21.1. The molecule has 3 aromatic rings. The van der Waals surface area contributed by atoms with Gasteiger partial charge >= 0.3 is 5.97 Å². The maximum absolute atomic E-state index is 13.2. The third-order valence-electron chi connectivity index (χ3n) is 6.46. The van der Waals surface area contributed by atoms with Gasteiger partial charge in [0.2, 0.25) is 5.91 Å². The molecule has 1 aliphatic rings. The van der Waals surface area contributed by atoms with E-state index < -0.39 is 5.97 Å². The van der Waals surface area contributed by atoms with Crippen molar-refractivity contribution < 1.29 is 23.5 Å². The Balaban J connectivity index is 1.55. The molecule has 0 aliphatic carbocycles. The molecule has 7 heteroatoms. The zero-order chi connectivity index (χ0) is 26.5. The quantitative estimate of drug-likeness (QED) is 0.420. The standard InChI is InChI=1S/C30H29FN2O4/c1-4-37-30(36)28-20(3)33(27(34)17-26(28)22-9-5-19(2)6-10-22)18-21-7-11-23(12-8-21)29(35)32-25-15-13-24(31)14-16-25/h5-16,26H,4,17-18H2,1-3H3,(H,32,35). The second-order valence-corrected chi connectivity index (χ2v) is 9.02. The number of anilines is 1. The minimum Gasteiger partial charge on any atom is -0.463 e. The molecule has 0 fully saturated rings. The first-order valence-electron chi connectivity index (χ1n) is 12.2. The molecule has 0 radical (unpaired) electrons. The van der Waals surface area contributed by atoms with Crippen molar-refractivity contribution in [3.63, 3.8) is 0 Å². The molecule has 6 nitrogen and oxygen atoms in total. The van der Waals surface area contributed by atoms with Crippen molar-refractivity contribution in [2.45, 2.75) is 39.7 Å². The van der Waals surface area contributed by atoms with Crippen LogP contribution in [-0.2, 0) is 20.9 Å². The summed E-state index contributed by atoms with van der Waals surface area (Å²) in [6, 6.07) is 20.3. The first kappa shape index (κ1) is 25.8. The highest BCUT2D eigenvalue weighted by molar-refractivity contribution is 6.04. The number of allylic oxidation sites excluding steroid dienone is 1. The summed E-state index contributed by atoms with van der Waals surface area (Å²) in [5.74, 6) is -1.59. The van der Waals surface area contributed by atoms with Crippen LogP contribution in [0.3, 0.4) is 0 Å². The number of rotatable bonds is 7. The first-order chi connectivity index (χ1) is 17.8. The molecular formula is C30H29FN2O4. The number of amides is 2. The van der Waals surface area contributed by atoms with Gasteiger partial charge in [0.25, 0.3) is 5.91 Å². The van der Waals surface area contributed by atoms with Crippen LogP contribution in [0.5, 0.6) is 0 Å². The van der Waals surface area contributed by atoms with E-state index in [0.717, 1.165) is 16.7 Å². The maximum atomic E-state index is 13.2. The van der Waals surface area contributed by atoms with Crippen molar-refractivity contribution in [1.29, 1.82) is 0 Å². The Kier molecular flexibility index (Phi) is 7.82. The lowest BCUT2D eigenvalue weighted by molar-refractivity contribution is -0.140. The van der Waals surface area contributed by atoms with Crippen molar-refractivity contribution in [3.05, 3.63) is 112 Å². The van der Waals surface area contributed by atoms with Gasteiger partial charge in [0, 0.05) is 29.3 Å². The average Bonchev–Trinajstić information content (AvgIpc) is 2.88. The molecule has 1 aliphatic heterocycles. The van der Waals surface area contributed by atoms with E-state index in [1.165, 1.54) is 24.3 Å². The summed E-state index contributed by atoms with van der Waals surface area (Å²) in [7, 11) is 0. The number of nitrogens with zero attached hydrogens (tertiary/aromatic N) is 1. The molecule has 3 aromatic carbocycles. The smallest absolute Gasteiger partial charge is 0.336 e. The minimum atomic E-state index is -0.420. The number of hydrogen-bond donors (Lipinski definition) is 1. The molecule has 0 bridgehead atoms. The summed E-state index contributed by atoms with van der Waals surface area (Å²) < 4.78 is 18.5. The second-order valence-electron chi connectivity index (χ2n) is 9.02. The van der Waals surface area contributed by atoms with Gasteiger partial charge in [0.1, 0.15) is 5.82 Å². The molecule has 1 N–H and O–H groups in total. The summed E-state index contributed by atoms with van der Waals surface area (Å²) in [6.45, 7) is 6.02. The van der Waals surface area contributed by atoms with E-state index in [2.05, 4.69) is 5.32 Å². The third-order valence-corrected chi connectivity index (χ3v) is 6.46. The molecule has 2 amide bonds. The van der Waals surface area contributed by atoms with Crippen LogP contribution in [-0.4, -0.2) is 29.3 Å². The van der Waals surface area contributed by atoms with Gasteiger partial charge in [-0.25, -0.2) is 9.18 Å². The van der Waals surface area contributed by atoms with Gasteiger partial charge < -0.3 is 15.0 Å². The maximum Gasteiger partial charge on any atom is 0.336 e. The van der Waals surface area contributed by atoms with Gasteiger partial charge in [0.15, 0.2) is 0 Å². The van der Waals surface area contributed by atoms with Crippen LogP contribution in [0, 0.1) is 12.7 Å². The van der Waals surface area contributed by atoms with Crippen molar-refractivity contribution in [2.75, 3.05) is 11.9 Å². The largest absolute Gasteiger partial charge is 0.463 e. The molecule has 1 unspecified atom stereocenters. The lowest BCUT2D eigenvalue weighted by Gasteiger charge is -2.34. The van der Waals surface area contributed by atoms with Gasteiger partial charge in [-0.1, -0.05) is 42.0 Å². The number of benzene rings is 3. The minimum absolute atomic E-state index is 0.0887. The number of carbonyl (C=O) groups excluding carboxylic acids is 3. The van der Waals surface area contributed by atoms with Crippen molar-refractivity contribution in [1.82, 2.24) is 4.90 Å². The van der Waals surface area contributed by atoms with Crippen LogP contribution in [0.25, 0.3) is 0 Å². The number of aryl methyl sites for hydroxylation is 1. The van der Waals surface area contributed by atoms with Crippen LogP contribution in [0.2, 0.25) is 0 Å². The number of halogens is 1. The Morgan fingerprint density at radius 1 is 0.973 bits per heavy atom. The monoisotopic (exact) mass is 500 g/mol. The second kappa shape index (κ2) is 11.2. The van der Waals surface area contributed by atoms with Crippen LogP contribution in [0.15, 0.2) is 84.1 Å². The lowest BCUT2D eigenvalue weighted by Crippen LogP contribution is -2.38. The Bertz CT molecular complexity index is 1330. The van der Waals surface area contributed by atoms with E-state index in [1.807, 2.05) is 31.2 Å². The fourth-order valence-corrected chi connectivity index (χ4v) is 4.44. The van der Waals surface area contributed by atoms with Crippen molar-refractivity contribution in [2.24, 2.45) is 0 Å². The van der Waals surface area contributed by atoms with Crippen LogP contribution in [0.1, 0.15) is 53.2 Å². The summed E-state index contributed by atoms with van der Waals surface area (Å²) in [5, 5.41) is 2.73. The van der Waals surface area contributed by atoms with E-state index in [9.17, 15) is 18.8 Å². The molecule has 0 aromatic heterocycles. The SMILES string of the molecule is CCOC(=O)C1=C(C)N(Cc2ccc(C(=O)Nc3ccc(F)cc3)cc2)C(=O)CC1c1ccc(C)cc1. The first-order valence-corrected chi connectivity index (χ1v) is 12.2. The number of hydrogen-bond acceptors (Lipinski definition) is 4. The van der Waals surface area contributed by atoms with Crippen LogP contribution >= 0.6 is 0 Å². The predicted molar refractivity (Wildman–Crippen MR) is 139 cm³/mol. The highest BCUT2D eigenvalue weighted by Crippen LogP contribution is 2.37. The highest BCUT2D eigenvalue weighted by atomic mass is 19.1. The highest BCUT2D eigenvalue weighted by Gasteiger charge is 2.36. The average molecular weight is 501 g/mol. The summed E-state index contributed by atoms with van der Waals surface area (Å²) in [6.07, 6.45) is 0.159. The summed E-state index contributed by atoms with van der Waals surface area (Å²) in [5.41, 5.74) is 4.78. The van der Waals surface area contributed by atoms with Gasteiger partial charge in [0.05, 0.1) is 18.7 Å². The van der Waals surface area contributed by atoms with Gasteiger partial charge in [-0.2, -0.15) is 0 Å². The number of esters is 1. The predicted octanol–water partition coefficient (Wildman–Crippen LogP) is 5.74. The number of nitrogens with one attached hydrogen (secondary N) is 1. The molecule has 0 saturated carbocycles. The number of carbonyl (C=O) groups is 3. The molecule has 190 valence electrons. The van der Waals surface area contributed by atoms with Gasteiger partial charge in [-0.15, -0.1) is 0 Å². The Morgan fingerprint density at radius 2 is 1.62 bits per heavy atom. The van der Waals surface area contributed by atoms with E-state index in [1.54, 1.807) is 43.0 Å².